The van der Waals surface area contributed by atoms with Crippen LogP contribution < -0.4 is 5.69 Å². The van der Waals surface area contributed by atoms with Crippen molar-refractivity contribution >= 4 is 11.0 Å². The second-order valence-electron chi connectivity index (χ2n) is 4.31. The van der Waals surface area contributed by atoms with E-state index in [-0.39, 0.29) is 17.5 Å². The van der Waals surface area contributed by atoms with Crippen LogP contribution in [-0.2, 0) is 4.74 Å². The molecule has 4 nitrogen and oxygen atoms in total. The first-order chi connectivity index (χ1) is 8.25. The van der Waals surface area contributed by atoms with Gasteiger partial charge in [0.05, 0.1) is 11.0 Å². The predicted molar refractivity (Wildman–Crippen MR) is 61.6 cm³/mol. The van der Waals surface area contributed by atoms with E-state index in [1.165, 1.54) is 12.1 Å². The van der Waals surface area contributed by atoms with E-state index in [0.717, 1.165) is 18.4 Å². The minimum absolute atomic E-state index is 0.149. The van der Waals surface area contributed by atoms with Crippen molar-refractivity contribution in [3.63, 3.8) is 0 Å². The Morgan fingerprint density at radius 1 is 1.35 bits per heavy atom. The molecule has 0 radical (unpaired) electrons. The van der Waals surface area contributed by atoms with Gasteiger partial charge in [0.1, 0.15) is 5.82 Å². The molecule has 0 spiro atoms. The second kappa shape index (κ2) is 4.00. The van der Waals surface area contributed by atoms with E-state index in [1.54, 1.807) is 10.6 Å². The molecule has 2 aromatic rings. The van der Waals surface area contributed by atoms with Gasteiger partial charge in [0, 0.05) is 19.3 Å². The minimum Gasteiger partial charge on any atom is -0.381 e. The van der Waals surface area contributed by atoms with Gasteiger partial charge in [-0.05, 0) is 31.0 Å². The first-order valence-corrected chi connectivity index (χ1v) is 5.73. The zero-order chi connectivity index (χ0) is 11.8. The standard InChI is InChI=1S/C12H13FN2O2/c13-8-1-2-11-10(7-8)14-12(16)15(11)9-3-5-17-6-4-9/h1-2,7,9H,3-6H2,(H,14,16). The molecule has 1 N–H and O–H groups in total. The van der Waals surface area contributed by atoms with E-state index < -0.39 is 0 Å². The topological polar surface area (TPSA) is 47.0 Å². The van der Waals surface area contributed by atoms with Gasteiger partial charge in [-0.2, -0.15) is 0 Å². The van der Waals surface area contributed by atoms with Crippen molar-refractivity contribution in [3.8, 4) is 0 Å². The Hall–Kier alpha value is -1.62. The van der Waals surface area contributed by atoms with E-state index in [9.17, 15) is 9.18 Å². The lowest BCUT2D eigenvalue weighted by Crippen LogP contribution is -2.27. The van der Waals surface area contributed by atoms with Crippen LogP contribution in [0.3, 0.4) is 0 Å². The molecule has 0 atom stereocenters. The number of nitrogens with one attached hydrogen (secondary N) is 1. The van der Waals surface area contributed by atoms with Crippen molar-refractivity contribution in [2.24, 2.45) is 0 Å². The Kier molecular flexibility index (Phi) is 2.48. The zero-order valence-electron chi connectivity index (χ0n) is 9.28. The monoisotopic (exact) mass is 236 g/mol. The summed E-state index contributed by atoms with van der Waals surface area (Å²) in [5.41, 5.74) is 1.15. The first-order valence-electron chi connectivity index (χ1n) is 5.73. The van der Waals surface area contributed by atoms with Crippen molar-refractivity contribution < 1.29 is 9.13 Å². The van der Waals surface area contributed by atoms with E-state index in [4.69, 9.17) is 4.74 Å². The molecule has 0 amide bonds. The number of hydrogen-bond acceptors (Lipinski definition) is 2. The van der Waals surface area contributed by atoms with Crippen LogP contribution in [0.4, 0.5) is 4.39 Å². The number of aromatic nitrogens is 2. The van der Waals surface area contributed by atoms with Gasteiger partial charge < -0.3 is 9.72 Å². The summed E-state index contributed by atoms with van der Waals surface area (Å²) in [5.74, 6) is -0.335. The summed E-state index contributed by atoms with van der Waals surface area (Å²) < 4.78 is 20.1. The molecule has 1 aliphatic heterocycles. The number of hydrogen-bond donors (Lipinski definition) is 1. The van der Waals surface area contributed by atoms with Gasteiger partial charge in [0.15, 0.2) is 0 Å². The summed E-state index contributed by atoms with van der Waals surface area (Å²) in [5, 5.41) is 0. The molecule has 1 aromatic heterocycles. The van der Waals surface area contributed by atoms with Crippen LogP contribution in [0.2, 0.25) is 0 Å². The smallest absolute Gasteiger partial charge is 0.326 e. The highest BCUT2D eigenvalue weighted by molar-refractivity contribution is 5.75. The predicted octanol–water partition coefficient (Wildman–Crippen LogP) is 1.82. The molecule has 0 bridgehead atoms. The lowest BCUT2D eigenvalue weighted by Gasteiger charge is -2.23. The molecule has 0 aliphatic carbocycles. The third-order valence-electron chi connectivity index (χ3n) is 3.23. The van der Waals surface area contributed by atoms with E-state index in [0.29, 0.717) is 18.7 Å². The van der Waals surface area contributed by atoms with Gasteiger partial charge in [-0.25, -0.2) is 9.18 Å². The van der Waals surface area contributed by atoms with Gasteiger partial charge in [0.2, 0.25) is 0 Å². The number of rotatable bonds is 1. The minimum atomic E-state index is -0.335. The van der Waals surface area contributed by atoms with Crippen molar-refractivity contribution in [1.29, 1.82) is 0 Å². The third kappa shape index (κ3) is 1.76. The highest BCUT2D eigenvalue weighted by Gasteiger charge is 2.20. The fourth-order valence-corrected chi connectivity index (χ4v) is 2.41. The lowest BCUT2D eigenvalue weighted by atomic mass is 10.1. The van der Waals surface area contributed by atoms with Crippen molar-refractivity contribution in [3.05, 3.63) is 34.5 Å². The highest BCUT2D eigenvalue weighted by Crippen LogP contribution is 2.23. The van der Waals surface area contributed by atoms with Gasteiger partial charge in [0.25, 0.3) is 0 Å². The number of H-pyrrole nitrogens is 1. The molecule has 5 heteroatoms. The molecule has 1 saturated heterocycles. The number of nitrogens with zero attached hydrogens (tertiary/aromatic N) is 1. The molecule has 2 heterocycles. The maximum absolute atomic E-state index is 13.1. The summed E-state index contributed by atoms with van der Waals surface area (Å²) in [6.45, 7) is 1.34. The first kappa shape index (κ1) is 10.5. The molecule has 1 aliphatic rings. The fourth-order valence-electron chi connectivity index (χ4n) is 2.41. The van der Waals surface area contributed by atoms with Crippen molar-refractivity contribution in [2.75, 3.05) is 13.2 Å². The zero-order valence-corrected chi connectivity index (χ0v) is 9.28. The van der Waals surface area contributed by atoms with Crippen LogP contribution in [0.1, 0.15) is 18.9 Å². The molecule has 90 valence electrons. The molecule has 17 heavy (non-hydrogen) atoms. The Morgan fingerprint density at radius 2 is 2.12 bits per heavy atom. The molecule has 0 unspecified atom stereocenters. The SMILES string of the molecule is O=c1[nH]c2cc(F)ccc2n1C1CCOCC1. The number of aromatic amines is 1. The van der Waals surface area contributed by atoms with Gasteiger partial charge in [-0.15, -0.1) is 0 Å². The maximum Gasteiger partial charge on any atom is 0.326 e. The Morgan fingerprint density at radius 3 is 2.88 bits per heavy atom. The van der Waals surface area contributed by atoms with Crippen molar-refractivity contribution in [1.82, 2.24) is 9.55 Å². The molecular formula is C12H13FN2O2. The number of benzene rings is 1. The summed E-state index contributed by atoms with van der Waals surface area (Å²) >= 11 is 0. The van der Waals surface area contributed by atoms with Crippen LogP contribution in [-0.4, -0.2) is 22.8 Å². The molecular weight excluding hydrogens is 223 g/mol. The maximum atomic E-state index is 13.1. The summed E-state index contributed by atoms with van der Waals surface area (Å²) in [6, 6.07) is 4.53. The van der Waals surface area contributed by atoms with Gasteiger partial charge in [-0.3, -0.25) is 4.57 Å². The number of fused-ring (bicyclic) bond motifs is 1. The lowest BCUT2D eigenvalue weighted by molar-refractivity contribution is 0.0698. The normalized spacial score (nSPS) is 17.7. The number of halogens is 1. The van der Waals surface area contributed by atoms with Crippen LogP contribution in [0, 0.1) is 5.82 Å². The van der Waals surface area contributed by atoms with Crippen LogP contribution in [0.25, 0.3) is 11.0 Å². The largest absolute Gasteiger partial charge is 0.381 e. The van der Waals surface area contributed by atoms with Crippen LogP contribution in [0.15, 0.2) is 23.0 Å². The Labute approximate surface area is 97.0 Å². The highest BCUT2D eigenvalue weighted by atomic mass is 19.1. The molecule has 0 saturated carbocycles. The quantitative estimate of drug-likeness (QED) is 0.821. The summed E-state index contributed by atoms with van der Waals surface area (Å²) in [6.07, 6.45) is 1.65. The van der Waals surface area contributed by atoms with Gasteiger partial charge >= 0.3 is 5.69 Å². The molecule has 1 fully saturated rings. The van der Waals surface area contributed by atoms with E-state index in [2.05, 4.69) is 4.98 Å². The van der Waals surface area contributed by atoms with Crippen LogP contribution in [0.5, 0.6) is 0 Å². The fraction of sp³-hybridized carbons (Fsp3) is 0.417. The summed E-state index contributed by atoms with van der Waals surface area (Å²) in [7, 11) is 0. The Balaban J connectivity index is 2.14. The number of imidazole rings is 1. The average molecular weight is 236 g/mol. The third-order valence-corrected chi connectivity index (χ3v) is 3.23. The second-order valence-corrected chi connectivity index (χ2v) is 4.31. The van der Waals surface area contributed by atoms with Crippen LogP contribution >= 0.6 is 0 Å². The number of ether oxygens (including phenoxy) is 1. The summed E-state index contributed by atoms with van der Waals surface area (Å²) in [4.78, 5) is 14.6. The Bertz CT molecular complexity index is 596. The van der Waals surface area contributed by atoms with E-state index >= 15 is 0 Å². The van der Waals surface area contributed by atoms with Crippen molar-refractivity contribution in [2.45, 2.75) is 18.9 Å². The molecule has 3 rings (SSSR count). The van der Waals surface area contributed by atoms with Gasteiger partial charge in [-0.1, -0.05) is 0 Å². The average Bonchev–Trinajstić information content (AvgIpc) is 2.65. The molecule has 1 aromatic carbocycles. The van der Waals surface area contributed by atoms with E-state index in [1.807, 2.05) is 0 Å².